The van der Waals surface area contributed by atoms with Crippen molar-refractivity contribution in [1.82, 2.24) is 9.88 Å². The summed E-state index contributed by atoms with van der Waals surface area (Å²) in [6.07, 6.45) is 1.68. The Hall–Kier alpha value is -3.04. The summed E-state index contributed by atoms with van der Waals surface area (Å²) in [6, 6.07) is 11.0. The van der Waals surface area contributed by atoms with Gasteiger partial charge in [-0.15, -0.1) is 0 Å². The molecule has 10 heteroatoms. The van der Waals surface area contributed by atoms with E-state index in [2.05, 4.69) is 4.98 Å². The smallest absolute Gasteiger partial charge is 0.272 e. The number of piperidine rings is 1. The molecule has 1 amide bonds. The zero-order chi connectivity index (χ0) is 24.1. The maximum atomic E-state index is 15.4. The van der Waals surface area contributed by atoms with Crippen LogP contribution in [0.1, 0.15) is 28.9 Å². The van der Waals surface area contributed by atoms with E-state index >= 15 is 4.39 Å². The molecule has 3 heterocycles. The van der Waals surface area contributed by atoms with Crippen LogP contribution in [0.25, 0.3) is 0 Å². The Bertz CT molecular complexity index is 1370. The number of hydrogen-bond donors (Lipinski definition) is 0. The number of carbonyl (C=O) groups is 1. The molecule has 0 unspecified atom stereocenters. The molecule has 2 atom stereocenters. The fourth-order valence-electron chi connectivity index (χ4n) is 4.98. The Balaban J connectivity index is 1.76. The lowest BCUT2D eigenvalue weighted by Gasteiger charge is -2.51. The van der Waals surface area contributed by atoms with Crippen molar-refractivity contribution in [3.05, 3.63) is 88.7 Å². The molecule has 2 aromatic carbocycles. The minimum Gasteiger partial charge on any atom is -0.488 e. The van der Waals surface area contributed by atoms with Crippen molar-refractivity contribution in [2.75, 3.05) is 13.2 Å². The maximum Gasteiger partial charge on any atom is 0.272 e. The first kappa shape index (κ1) is 22.7. The van der Waals surface area contributed by atoms with Crippen molar-refractivity contribution in [2.24, 2.45) is 0 Å². The third-order valence-corrected chi connectivity index (χ3v) is 9.26. The van der Waals surface area contributed by atoms with Crippen LogP contribution in [0.4, 0.5) is 8.78 Å². The number of amides is 1. The number of ether oxygens (including phenoxy) is 1. The van der Waals surface area contributed by atoms with E-state index in [1.54, 1.807) is 12.1 Å². The molecule has 2 aliphatic heterocycles. The molecule has 176 valence electrons. The quantitative estimate of drug-likeness (QED) is 0.529. The third kappa shape index (κ3) is 3.29. The molecule has 2 aliphatic rings. The summed E-state index contributed by atoms with van der Waals surface area (Å²) in [7, 11) is -4.36. The summed E-state index contributed by atoms with van der Waals surface area (Å²) in [6.45, 7) is -0.105. The summed E-state index contributed by atoms with van der Waals surface area (Å²) >= 11 is 5.96. The first-order chi connectivity index (χ1) is 16.3. The lowest BCUT2D eigenvalue weighted by atomic mass is 9.80. The predicted molar refractivity (Wildman–Crippen MR) is 120 cm³/mol. The van der Waals surface area contributed by atoms with Crippen LogP contribution in [0.2, 0.25) is 5.02 Å². The van der Waals surface area contributed by atoms with Gasteiger partial charge in [0, 0.05) is 17.8 Å². The van der Waals surface area contributed by atoms with Crippen LogP contribution in [-0.2, 0) is 14.6 Å². The highest BCUT2D eigenvalue weighted by Gasteiger charge is 2.61. The molecule has 0 bridgehead atoms. The number of nitrogens with zero attached hydrogens (tertiary/aromatic N) is 2. The number of pyridine rings is 1. The van der Waals surface area contributed by atoms with E-state index in [1.165, 1.54) is 41.4 Å². The topological polar surface area (TPSA) is 76.6 Å². The summed E-state index contributed by atoms with van der Waals surface area (Å²) < 4.78 is 62.2. The van der Waals surface area contributed by atoms with Crippen molar-refractivity contribution < 1.29 is 26.7 Å². The first-order valence-corrected chi connectivity index (χ1v) is 12.5. The number of likely N-dealkylation sites (tertiary alicyclic amines) is 1. The third-order valence-electron chi connectivity index (χ3n) is 6.48. The standard InChI is InChI=1S/C24H19ClF2N2O4S/c25-15-5-7-16(8-6-15)34(31,32)24-11-3-13-29(23(30)19-4-1-2-12-28-19)20(24)14-33-22-18(27)10-9-17(26)21(22)24/h1-2,4-10,12,20H,3,11,13-14H2/t20-,24+/m0/s1. The molecule has 1 aromatic heterocycles. The zero-order valence-electron chi connectivity index (χ0n) is 17.7. The molecular weight excluding hydrogens is 486 g/mol. The monoisotopic (exact) mass is 504 g/mol. The summed E-state index contributed by atoms with van der Waals surface area (Å²) in [5, 5.41) is 0.327. The Morgan fingerprint density at radius 3 is 2.53 bits per heavy atom. The van der Waals surface area contributed by atoms with Crippen LogP contribution < -0.4 is 4.74 Å². The van der Waals surface area contributed by atoms with Gasteiger partial charge in [-0.1, -0.05) is 17.7 Å². The number of carbonyl (C=O) groups excluding carboxylic acids is 1. The number of halogens is 3. The van der Waals surface area contributed by atoms with Gasteiger partial charge in [-0.3, -0.25) is 9.78 Å². The van der Waals surface area contributed by atoms with E-state index in [9.17, 15) is 17.6 Å². The van der Waals surface area contributed by atoms with Gasteiger partial charge < -0.3 is 9.64 Å². The summed E-state index contributed by atoms with van der Waals surface area (Å²) in [5.74, 6) is -2.73. The molecule has 0 aliphatic carbocycles. The van der Waals surface area contributed by atoms with Crippen LogP contribution in [0.5, 0.6) is 5.75 Å². The second-order valence-corrected chi connectivity index (χ2v) is 10.9. The molecule has 6 nitrogen and oxygen atoms in total. The highest BCUT2D eigenvalue weighted by molar-refractivity contribution is 7.92. The molecular formula is C24H19ClF2N2O4S. The van der Waals surface area contributed by atoms with Crippen molar-refractivity contribution in [1.29, 1.82) is 0 Å². The molecule has 0 saturated carbocycles. The second kappa shape index (κ2) is 8.32. The van der Waals surface area contributed by atoms with Gasteiger partial charge in [-0.2, -0.15) is 0 Å². The molecule has 1 fully saturated rings. The Morgan fingerprint density at radius 1 is 1.09 bits per heavy atom. The number of benzene rings is 2. The van der Waals surface area contributed by atoms with Crippen LogP contribution in [-0.4, -0.2) is 43.4 Å². The molecule has 0 radical (unpaired) electrons. The average molecular weight is 505 g/mol. The first-order valence-electron chi connectivity index (χ1n) is 10.6. The van der Waals surface area contributed by atoms with Gasteiger partial charge >= 0.3 is 0 Å². The van der Waals surface area contributed by atoms with E-state index in [1.807, 2.05) is 0 Å². The van der Waals surface area contributed by atoms with Crippen molar-refractivity contribution in [3.63, 3.8) is 0 Å². The number of sulfone groups is 1. The number of fused-ring (bicyclic) bond motifs is 3. The minimum absolute atomic E-state index is 0.0225. The van der Waals surface area contributed by atoms with Gasteiger partial charge in [0.25, 0.3) is 5.91 Å². The molecule has 5 rings (SSSR count). The normalized spacial score (nSPS) is 21.9. The molecule has 1 saturated heterocycles. The Labute approximate surface area is 200 Å². The van der Waals surface area contributed by atoms with E-state index in [-0.39, 0.29) is 36.6 Å². The van der Waals surface area contributed by atoms with Gasteiger partial charge in [-0.05, 0) is 61.4 Å². The highest BCUT2D eigenvalue weighted by Crippen LogP contribution is 2.53. The molecule has 0 N–H and O–H groups in total. The number of hydrogen-bond acceptors (Lipinski definition) is 5. The molecule has 0 spiro atoms. The molecule has 34 heavy (non-hydrogen) atoms. The van der Waals surface area contributed by atoms with E-state index in [0.29, 0.717) is 5.02 Å². The molecule has 3 aromatic rings. The lowest BCUT2D eigenvalue weighted by Crippen LogP contribution is -2.64. The average Bonchev–Trinajstić information content (AvgIpc) is 2.85. The largest absolute Gasteiger partial charge is 0.488 e. The van der Waals surface area contributed by atoms with Crippen molar-refractivity contribution in [3.8, 4) is 5.75 Å². The van der Waals surface area contributed by atoms with Crippen LogP contribution >= 0.6 is 11.6 Å². The van der Waals surface area contributed by atoms with Crippen molar-refractivity contribution in [2.45, 2.75) is 28.5 Å². The minimum atomic E-state index is -4.36. The Morgan fingerprint density at radius 2 is 1.82 bits per heavy atom. The van der Waals surface area contributed by atoms with Crippen molar-refractivity contribution >= 4 is 27.3 Å². The van der Waals surface area contributed by atoms with Gasteiger partial charge in [0.15, 0.2) is 21.4 Å². The van der Waals surface area contributed by atoms with Gasteiger partial charge in [0.05, 0.1) is 16.5 Å². The zero-order valence-corrected chi connectivity index (χ0v) is 19.3. The highest BCUT2D eigenvalue weighted by atomic mass is 35.5. The van der Waals surface area contributed by atoms with Gasteiger partial charge in [0.1, 0.15) is 22.9 Å². The fourth-order valence-corrected chi connectivity index (χ4v) is 7.45. The summed E-state index contributed by atoms with van der Waals surface area (Å²) in [5.41, 5.74) is -0.273. The van der Waals surface area contributed by atoms with Crippen LogP contribution in [0, 0.1) is 11.6 Å². The Kier molecular flexibility index (Phi) is 5.56. The number of aromatic nitrogens is 1. The predicted octanol–water partition coefficient (Wildman–Crippen LogP) is 4.38. The van der Waals surface area contributed by atoms with E-state index < -0.39 is 49.5 Å². The number of rotatable bonds is 3. The van der Waals surface area contributed by atoms with E-state index in [4.69, 9.17) is 16.3 Å². The maximum absolute atomic E-state index is 15.4. The van der Waals surface area contributed by atoms with Gasteiger partial charge in [0.2, 0.25) is 0 Å². The lowest BCUT2D eigenvalue weighted by molar-refractivity contribution is 0.0314. The van der Waals surface area contributed by atoms with Crippen LogP contribution in [0.15, 0.2) is 65.7 Å². The summed E-state index contributed by atoms with van der Waals surface area (Å²) in [4.78, 5) is 18.7. The fraction of sp³-hybridized carbons (Fsp3) is 0.250. The second-order valence-electron chi connectivity index (χ2n) is 8.22. The van der Waals surface area contributed by atoms with E-state index in [0.717, 1.165) is 12.1 Å². The SMILES string of the molecule is O=C(c1ccccn1)N1CCC[C@]2(S(=O)(=O)c3ccc(Cl)cc3)c3c(F)ccc(F)c3OC[C@H]12. The van der Waals surface area contributed by atoms with Crippen LogP contribution in [0.3, 0.4) is 0 Å². The van der Waals surface area contributed by atoms with Gasteiger partial charge in [-0.25, -0.2) is 17.2 Å².